The maximum atomic E-state index is 9.46. The first kappa shape index (κ1) is 13.2. The summed E-state index contributed by atoms with van der Waals surface area (Å²) in [4.78, 5) is 0. The Balaban J connectivity index is 2.11. The number of nitrogens with one attached hydrogen (secondary N) is 1. The fraction of sp³-hybridized carbons (Fsp3) is 0.500. The highest BCUT2D eigenvalue weighted by Crippen LogP contribution is 2.34. The summed E-state index contributed by atoms with van der Waals surface area (Å²) >= 11 is 6.12. The maximum Gasteiger partial charge on any atom is 0.125 e. The van der Waals surface area contributed by atoms with Crippen LogP contribution in [0.4, 0.5) is 5.69 Å². The average molecular weight is 265 g/mol. The molecule has 0 saturated heterocycles. The van der Waals surface area contributed by atoms with E-state index < -0.39 is 5.54 Å². The predicted octanol–water partition coefficient (Wildman–Crippen LogP) is 3.60. The van der Waals surface area contributed by atoms with Crippen LogP contribution in [-0.2, 0) is 4.74 Å². The molecule has 1 aliphatic carbocycles. The number of rotatable bonds is 3. The van der Waals surface area contributed by atoms with Crippen molar-refractivity contribution in [3.8, 4) is 6.07 Å². The molecule has 1 saturated carbocycles. The molecule has 0 spiro atoms. The summed E-state index contributed by atoms with van der Waals surface area (Å²) in [5, 5.41) is 13.4. The van der Waals surface area contributed by atoms with Gasteiger partial charge < -0.3 is 10.1 Å². The largest absolute Gasteiger partial charge is 0.381 e. The van der Waals surface area contributed by atoms with E-state index in [1.54, 1.807) is 7.11 Å². The number of anilines is 1. The highest BCUT2D eigenvalue weighted by molar-refractivity contribution is 6.33. The number of hydrogen-bond donors (Lipinski definition) is 1. The fourth-order valence-corrected chi connectivity index (χ4v) is 2.59. The monoisotopic (exact) mass is 264 g/mol. The molecular weight excluding hydrogens is 248 g/mol. The Morgan fingerprint density at radius 2 is 2.06 bits per heavy atom. The van der Waals surface area contributed by atoms with Gasteiger partial charge in [-0.25, -0.2) is 0 Å². The van der Waals surface area contributed by atoms with Gasteiger partial charge in [-0.05, 0) is 37.8 Å². The van der Waals surface area contributed by atoms with Crippen LogP contribution >= 0.6 is 11.6 Å². The van der Waals surface area contributed by atoms with Crippen molar-refractivity contribution in [1.29, 1.82) is 5.26 Å². The van der Waals surface area contributed by atoms with E-state index in [0.717, 1.165) is 31.4 Å². The molecule has 1 aliphatic rings. The van der Waals surface area contributed by atoms with Gasteiger partial charge in [0.2, 0.25) is 0 Å². The molecule has 1 aromatic rings. The first-order valence-corrected chi connectivity index (χ1v) is 6.54. The lowest BCUT2D eigenvalue weighted by molar-refractivity contribution is 0.0612. The second-order valence-corrected chi connectivity index (χ2v) is 5.14. The van der Waals surface area contributed by atoms with Crippen molar-refractivity contribution in [2.24, 2.45) is 0 Å². The van der Waals surface area contributed by atoms with Crippen LogP contribution in [0.15, 0.2) is 24.3 Å². The summed E-state index contributed by atoms with van der Waals surface area (Å²) in [6.07, 6.45) is 3.66. The van der Waals surface area contributed by atoms with E-state index in [-0.39, 0.29) is 6.10 Å². The number of benzene rings is 1. The average Bonchev–Trinajstić information content (AvgIpc) is 2.42. The summed E-state index contributed by atoms with van der Waals surface area (Å²) in [5.74, 6) is 0. The van der Waals surface area contributed by atoms with Gasteiger partial charge in [0.05, 0.1) is 22.9 Å². The van der Waals surface area contributed by atoms with Gasteiger partial charge in [-0.1, -0.05) is 23.7 Å². The quantitative estimate of drug-likeness (QED) is 0.907. The Labute approximate surface area is 113 Å². The van der Waals surface area contributed by atoms with Crippen LogP contribution in [0.3, 0.4) is 0 Å². The zero-order chi connectivity index (χ0) is 13.0. The molecule has 0 unspecified atom stereocenters. The summed E-state index contributed by atoms with van der Waals surface area (Å²) < 4.78 is 5.34. The highest BCUT2D eigenvalue weighted by Gasteiger charge is 2.35. The minimum atomic E-state index is -0.514. The van der Waals surface area contributed by atoms with Crippen molar-refractivity contribution in [2.45, 2.75) is 37.3 Å². The van der Waals surface area contributed by atoms with E-state index in [0.29, 0.717) is 5.02 Å². The van der Waals surface area contributed by atoms with Crippen LogP contribution in [0.5, 0.6) is 0 Å². The highest BCUT2D eigenvalue weighted by atomic mass is 35.5. The van der Waals surface area contributed by atoms with Crippen LogP contribution < -0.4 is 5.32 Å². The normalized spacial score (nSPS) is 27.5. The second kappa shape index (κ2) is 5.60. The van der Waals surface area contributed by atoms with E-state index in [4.69, 9.17) is 16.3 Å². The Morgan fingerprint density at radius 1 is 1.39 bits per heavy atom. The minimum absolute atomic E-state index is 0.277. The van der Waals surface area contributed by atoms with Gasteiger partial charge >= 0.3 is 0 Å². The van der Waals surface area contributed by atoms with E-state index in [2.05, 4.69) is 11.4 Å². The molecule has 0 aliphatic heterocycles. The van der Waals surface area contributed by atoms with Gasteiger partial charge in [0, 0.05) is 7.11 Å². The Morgan fingerprint density at radius 3 is 2.61 bits per heavy atom. The zero-order valence-corrected chi connectivity index (χ0v) is 11.2. The van der Waals surface area contributed by atoms with Crippen LogP contribution in [0.1, 0.15) is 25.7 Å². The number of para-hydroxylation sites is 1. The molecule has 3 nitrogen and oxygen atoms in total. The first-order chi connectivity index (χ1) is 8.69. The molecule has 0 aromatic heterocycles. The molecule has 0 radical (unpaired) electrons. The Kier molecular flexibility index (Phi) is 4.11. The number of nitrogens with zero attached hydrogens (tertiary/aromatic N) is 1. The van der Waals surface area contributed by atoms with Crippen molar-refractivity contribution >= 4 is 17.3 Å². The Hall–Kier alpha value is -1.24. The predicted molar refractivity (Wildman–Crippen MR) is 72.7 cm³/mol. The van der Waals surface area contributed by atoms with Crippen molar-refractivity contribution < 1.29 is 4.74 Å². The third kappa shape index (κ3) is 2.77. The lowest BCUT2D eigenvalue weighted by Gasteiger charge is -2.36. The number of methoxy groups -OCH3 is 1. The topological polar surface area (TPSA) is 45.0 Å². The van der Waals surface area contributed by atoms with Gasteiger partial charge in [0.25, 0.3) is 0 Å². The molecule has 1 N–H and O–H groups in total. The van der Waals surface area contributed by atoms with Gasteiger partial charge in [0.15, 0.2) is 0 Å². The standard InChI is InChI=1S/C14H17ClN2O/c1-18-11-6-8-14(10-16,9-7-11)17-13-5-3-2-4-12(13)15/h2-5,11,17H,6-9H2,1H3. The van der Waals surface area contributed by atoms with Crippen molar-refractivity contribution in [3.63, 3.8) is 0 Å². The van der Waals surface area contributed by atoms with Gasteiger partial charge in [-0.15, -0.1) is 0 Å². The van der Waals surface area contributed by atoms with Crippen LogP contribution in [0.2, 0.25) is 5.02 Å². The number of hydrogen-bond acceptors (Lipinski definition) is 3. The summed E-state index contributed by atoms with van der Waals surface area (Å²) in [6, 6.07) is 9.95. The summed E-state index contributed by atoms with van der Waals surface area (Å²) in [5.41, 5.74) is 0.316. The molecule has 0 bridgehead atoms. The third-order valence-electron chi connectivity index (χ3n) is 3.58. The Bertz CT molecular complexity index is 447. The molecule has 1 fully saturated rings. The van der Waals surface area contributed by atoms with Crippen molar-refractivity contribution in [1.82, 2.24) is 0 Å². The molecule has 4 heteroatoms. The van der Waals surface area contributed by atoms with E-state index in [9.17, 15) is 5.26 Å². The van der Waals surface area contributed by atoms with Crippen LogP contribution in [-0.4, -0.2) is 18.8 Å². The molecule has 1 aromatic carbocycles. The molecule has 0 atom stereocenters. The number of ether oxygens (including phenoxy) is 1. The smallest absolute Gasteiger partial charge is 0.125 e. The SMILES string of the molecule is COC1CCC(C#N)(Nc2ccccc2Cl)CC1. The molecular formula is C14H17ClN2O. The van der Waals surface area contributed by atoms with Gasteiger partial charge in [-0.3, -0.25) is 0 Å². The minimum Gasteiger partial charge on any atom is -0.381 e. The fourth-order valence-electron chi connectivity index (χ4n) is 2.40. The van der Waals surface area contributed by atoms with Crippen LogP contribution in [0, 0.1) is 11.3 Å². The lowest BCUT2D eigenvalue weighted by atomic mass is 9.81. The molecule has 2 rings (SSSR count). The van der Waals surface area contributed by atoms with E-state index in [1.165, 1.54) is 0 Å². The first-order valence-electron chi connectivity index (χ1n) is 6.16. The van der Waals surface area contributed by atoms with E-state index >= 15 is 0 Å². The molecule has 0 amide bonds. The lowest BCUT2D eigenvalue weighted by Crippen LogP contribution is -2.42. The summed E-state index contributed by atoms with van der Waals surface area (Å²) in [7, 11) is 1.73. The van der Waals surface area contributed by atoms with E-state index in [1.807, 2.05) is 24.3 Å². The number of nitriles is 1. The third-order valence-corrected chi connectivity index (χ3v) is 3.91. The molecule has 18 heavy (non-hydrogen) atoms. The van der Waals surface area contributed by atoms with Crippen molar-refractivity contribution in [2.75, 3.05) is 12.4 Å². The van der Waals surface area contributed by atoms with Gasteiger partial charge in [-0.2, -0.15) is 5.26 Å². The number of halogens is 1. The van der Waals surface area contributed by atoms with Gasteiger partial charge in [0.1, 0.15) is 5.54 Å². The molecule has 0 heterocycles. The second-order valence-electron chi connectivity index (χ2n) is 4.73. The van der Waals surface area contributed by atoms with Crippen molar-refractivity contribution in [3.05, 3.63) is 29.3 Å². The zero-order valence-electron chi connectivity index (χ0n) is 10.4. The summed E-state index contributed by atoms with van der Waals surface area (Å²) in [6.45, 7) is 0. The maximum absolute atomic E-state index is 9.46. The van der Waals surface area contributed by atoms with Crippen LogP contribution in [0.25, 0.3) is 0 Å². The molecule has 96 valence electrons.